The zero-order valence-electron chi connectivity index (χ0n) is 12.4. The van der Waals surface area contributed by atoms with Crippen LogP contribution in [0, 0.1) is 0 Å². The van der Waals surface area contributed by atoms with E-state index in [0.29, 0.717) is 19.6 Å². The van der Waals surface area contributed by atoms with Gasteiger partial charge in [0.1, 0.15) is 6.29 Å². The first kappa shape index (κ1) is 15.2. The lowest BCUT2D eigenvalue weighted by Gasteiger charge is -2.45. The van der Waals surface area contributed by atoms with E-state index in [1.807, 2.05) is 44.2 Å². The third-order valence-electron chi connectivity index (χ3n) is 4.15. The molecule has 1 unspecified atom stereocenters. The van der Waals surface area contributed by atoms with E-state index >= 15 is 0 Å². The first-order valence-corrected chi connectivity index (χ1v) is 7.50. The number of rotatable bonds is 6. The van der Waals surface area contributed by atoms with Gasteiger partial charge in [0.15, 0.2) is 5.79 Å². The van der Waals surface area contributed by atoms with Crippen LogP contribution in [0.15, 0.2) is 30.3 Å². The molecule has 1 aromatic carbocycles. The van der Waals surface area contributed by atoms with Crippen molar-refractivity contribution in [2.75, 3.05) is 13.2 Å². The van der Waals surface area contributed by atoms with Gasteiger partial charge in [0.2, 0.25) is 0 Å². The lowest BCUT2D eigenvalue weighted by atomic mass is 9.68. The van der Waals surface area contributed by atoms with E-state index in [1.165, 1.54) is 0 Å². The van der Waals surface area contributed by atoms with Crippen LogP contribution in [0.3, 0.4) is 0 Å². The monoisotopic (exact) mass is 276 g/mol. The predicted octanol–water partition coefficient (Wildman–Crippen LogP) is 3.47. The molecule has 110 valence electrons. The minimum atomic E-state index is -0.613. The quantitative estimate of drug-likeness (QED) is 0.589. The largest absolute Gasteiger partial charge is 0.350 e. The van der Waals surface area contributed by atoms with Gasteiger partial charge in [-0.3, -0.25) is 0 Å². The molecule has 0 aromatic heterocycles. The third-order valence-corrected chi connectivity index (χ3v) is 4.15. The van der Waals surface area contributed by atoms with Crippen LogP contribution < -0.4 is 0 Å². The standard InChI is InChI=1S/C17H24O3/c1-3-19-17(20-4-2)12-8-11-16(13-17,14-18)15-9-6-5-7-10-15/h5-7,9-10,14H,3-4,8,11-13H2,1-2H3. The van der Waals surface area contributed by atoms with Gasteiger partial charge in [0.25, 0.3) is 0 Å². The molecule has 0 bridgehead atoms. The van der Waals surface area contributed by atoms with E-state index < -0.39 is 11.2 Å². The van der Waals surface area contributed by atoms with E-state index in [-0.39, 0.29) is 0 Å². The Morgan fingerprint density at radius 3 is 2.30 bits per heavy atom. The van der Waals surface area contributed by atoms with Crippen molar-refractivity contribution in [3.05, 3.63) is 35.9 Å². The fraction of sp³-hybridized carbons (Fsp3) is 0.588. The Kier molecular flexibility index (Phi) is 4.95. The van der Waals surface area contributed by atoms with Crippen molar-refractivity contribution in [3.63, 3.8) is 0 Å². The number of carbonyl (C=O) groups is 1. The molecular formula is C17H24O3. The Bertz CT molecular complexity index is 418. The third kappa shape index (κ3) is 2.94. The molecule has 1 fully saturated rings. The average molecular weight is 276 g/mol. The van der Waals surface area contributed by atoms with Crippen molar-refractivity contribution in [1.29, 1.82) is 0 Å². The topological polar surface area (TPSA) is 35.5 Å². The Hall–Kier alpha value is -1.19. The average Bonchev–Trinajstić information content (AvgIpc) is 2.49. The lowest BCUT2D eigenvalue weighted by Crippen LogP contribution is -2.48. The molecule has 0 N–H and O–H groups in total. The zero-order valence-corrected chi connectivity index (χ0v) is 12.4. The summed E-state index contributed by atoms with van der Waals surface area (Å²) < 4.78 is 11.8. The summed E-state index contributed by atoms with van der Waals surface area (Å²) in [5.41, 5.74) is 0.586. The van der Waals surface area contributed by atoms with Gasteiger partial charge in [0, 0.05) is 26.1 Å². The summed E-state index contributed by atoms with van der Waals surface area (Å²) in [5, 5.41) is 0. The fourth-order valence-corrected chi connectivity index (χ4v) is 3.33. The molecule has 1 aliphatic rings. The summed E-state index contributed by atoms with van der Waals surface area (Å²) in [6.45, 7) is 5.15. The smallest absolute Gasteiger partial charge is 0.169 e. The zero-order chi connectivity index (χ0) is 14.5. The second-order valence-corrected chi connectivity index (χ2v) is 5.45. The highest BCUT2D eigenvalue weighted by atomic mass is 16.7. The molecule has 0 radical (unpaired) electrons. The van der Waals surface area contributed by atoms with Crippen LogP contribution in [0.1, 0.15) is 45.1 Å². The van der Waals surface area contributed by atoms with Crippen LogP contribution in [-0.4, -0.2) is 25.3 Å². The van der Waals surface area contributed by atoms with Crippen LogP contribution in [-0.2, 0) is 19.7 Å². The molecule has 1 aliphatic carbocycles. The molecular weight excluding hydrogens is 252 g/mol. The molecule has 0 amide bonds. The summed E-state index contributed by atoms with van der Waals surface area (Å²) in [5.74, 6) is -0.613. The molecule has 0 spiro atoms. The first-order chi connectivity index (χ1) is 9.70. The molecule has 3 nitrogen and oxygen atoms in total. The number of aldehydes is 1. The minimum absolute atomic E-state index is 0.482. The number of carbonyl (C=O) groups excluding carboxylic acids is 1. The van der Waals surface area contributed by atoms with Crippen molar-refractivity contribution in [2.24, 2.45) is 0 Å². The van der Waals surface area contributed by atoms with E-state index in [4.69, 9.17) is 9.47 Å². The maximum atomic E-state index is 11.9. The van der Waals surface area contributed by atoms with Gasteiger partial charge < -0.3 is 14.3 Å². The summed E-state index contributed by atoms with van der Waals surface area (Å²) in [6.07, 6.45) is 4.36. The van der Waals surface area contributed by atoms with Crippen LogP contribution in [0.2, 0.25) is 0 Å². The first-order valence-electron chi connectivity index (χ1n) is 7.50. The van der Waals surface area contributed by atoms with E-state index in [0.717, 1.165) is 31.1 Å². The second kappa shape index (κ2) is 6.51. The van der Waals surface area contributed by atoms with Gasteiger partial charge in [-0.15, -0.1) is 0 Å². The predicted molar refractivity (Wildman–Crippen MR) is 78.6 cm³/mol. The normalized spacial score (nSPS) is 25.3. The highest BCUT2D eigenvalue weighted by molar-refractivity contribution is 5.69. The fourth-order valence-electron chi connectivity index (χ4n) is 3.33. The van der Waals surface area contributed by atoms with Crippen LogP contribution >= 0.6 is 0 Å². The molecule has 2 rings (SSSR count). The van der Waals surface area contributed by atoms with Gasteiger partial charge >= 0.3 is 0 Å². The number of ether oxygens (including phenoxy) is 2. The molecule has 0 heterocycles. The van der Waals surface area contributed by atoms with E-state index in [2.05, 4.69) is 0 Å². The Morgan fingerprint density at radius 1 is 1.10 bits per heavy atom. The molecule has 0 aliphatic heterocycles. The Balaban J connectivity index is 2.32. The number of hydrogen-bond donors (Lipinski definition) is 0. The summed E-state index contributed by atoms with van der Waals surface area (Å²) in [7, 11) is 0. The maximum absolute atomic E-state index is 11.9. The van der Waals surface area contributed by atoms with Crippen molar-refractivity contribution >= 4 is 6.29 Å². The minimum Gasteiger partial charge on any atom is -0.350 e. The van der Waals surface area contributed by atoms with E-state index in [1.54, 1.807) is 0 Å². The Morgan fingerprint density at radius 2 is 1.75 bits per heavy atom. The maximum Gasteiger partial charge on any atom is 0.169 e. The molecule has 1 saturated carbocycles. The molecule has 20 heavy (non-hydrogen) atoms. The van der Waals surface area contributed by atoms with Gasteiger partial charge in [0.05, 0.1) is 5.41 Å². The van der Waals surface area contributed by atoms with Gasteiger partial charge in [-0.2, -0.15) is 0 Å². The van der Waals surface area contributed by atoms with Gasteiger partial charge in [-0.05, 0) is 32.3 Å². The highest BCUT2D eigenvalue weighted by Gasteiger charge is 2.47. The van der Waals surface area contributed by atoms with Crippen molar-refractivity contribution in [1.82, 2.24) is 0 Å². The summed E-state index contributed by atoms with van der Waals surface area (Å²) in [4.78, 5) is 11.9. The van der Waals surface area contributed by atoms with Crippen LogP contribution in [0.5, 0.6) is 0 Å². The molecule has 1 aromatic rings. The highest BCUT2D eigenvalue weighted by Crippen LogP contribution is 2.44. The van der Waals surface area contributed by atoms with Gasteiger partial charge in [-0.25, -0.2) is 0 Å². The van der Waals surface area contributed by atoms with Crippen molar-refractivity contribution in [2.45, 2.75) is 50.7 Å². The van der Waals surface area contributed by atoms with Crippen molar-refractivity contribution in [3.8, 4) is 0 Å². The lowest BCUT2D eigenvalue weighted by molar-refractivity contribution is -0.256. The summed E-state index contributed by atoms with van der Waals surface area (Å²) in [6, 6.07) is 10.0. The molecule has 0 saturated heterocycles. The molecule has 3 heteroatoms. The van der Waals surface area contributed by atoms with Crippen LogP contribution in [0.25, 0.3) is 0 Å². The van der Waals surface area contributed by atoms with Crippen LogP contribution in [0.4, 0.5) is 0 Å². The number of hydrogen-bond acceptors (Lipinski definition) is 3. The second-order valence-electron chi connectivity index (χ2n) is 5.45. The van der Waals surface area contributed by atoms with E-state index in [9.17, 15) is 4.79 Å². The summed E-state index contributed by atoms with van der Waals surface area (Å²) >= 11 is 0. The van der Waals surface area contributed by atoms with Crippen molar-refractivity contribution < 1.29 is 14.3 Å². The van der Waals surface area contributed by atoms with Gasteiger partial charge in [-0.1, -0.05) is 30.3 Å². The molecule has 1 atom stereocenters. The SMILES string of the molecule is CCOC1(OCC)CCCC(C=O)(c2ccccc2)C1. The Labute approximate surface area is 121 Å². The number of benzene rings is 1.